The number of hydrogen-bond acceptors (Lipinski definition) is 3. The maximum Gasteiger partial charge on any atom is 0.102 e. The molecular weight excluding hydrogens is 206 g/mol. The van der Waals surface area contributed by atoms with Crippen LogP contribution in [0, 0.1) is 11.3 Å². The van der Waals surface area contributed by atoms with Crippen LogP contribution in [0.5, 0.6) is 0 Å². The van der Waals surface area contributed by atoms with Gasteiger partial charge >= 0.3 is 0 Å². The van der Waals surface area contributed by atoms with E-state index in [4.69, 9.17) is 5.26 Å². The standard InChI is InChI=1S/C12H13NOS/c1-9-12(14,6-7-15-9)11-4-2-10(8-13)3-5-11/h2-5,9,14H,6-7H2,1H3/t9-,12+/m0/s1. The van der Waals surface area contributed by atoms with E-state index in [0.29, 0.717) is 5.56 Å². The van der Waals surface area contributed by atoms with E-state index in [0.717, 1.165) is 17.7 Å². The summed E-state index contributed by atoms with van der Waals surface area (Å²) in [5.41, 5.74) is 0.859. The van der Waals surface area contributed by atoms with E-state index in [2.05, 4.69) is 13.0 Å². The van der Waals surface area contributed by atoms with E-state index in [1.165, 1.54) is 0 Å². The number of hydrogen-bond donors (Lipinski definition) is 1. The summed E-state index contributed by atoms with van der Waals surface area (Å²) in [7, 11) is 0. The predicted molar refractivity (Wildman–Crippen MR) is 61.6 cm³/mol. The topological polar surface area (TPSA) is 44.0 Å². The van der Waals surface area contributed by atoms with Gasteiger partial charge in [0, 0.05) is 5.25 Å². The molecule has 0 radical (unpaired) electrons. The molecule has 1 N–H and O–H groups in total. The van der Waals surface area contributed by atoms with Crippen LogP contribution < -0.4 is 0 Å². The summed E-state index contributed by atoms with van der Waals surface area (Å²) in [5, 5.41) is 19.4. The first-order chi connectivity index (χ1) is 7.16. The molecule has 0 aromatic heterocycles. The molecule has 0 aliphatic carbocycles. The Morgan fingerprint density at radius 2 is 2.13 bits per heavy atom. The van der Waals surface area contributed by atoms with Crippen molar-refractivity contribution in [2.24, 2.45) is 0 Å². The molecule has 3 heteroatoms. The van der Waals surface area contributed by atoms with E-state index < -0.39 is 5.60 Å². The molecule has 0 saturated carbocycles. The van der Waals surface area contributed by atoms with Crippen molar-refractivity contribution in [2.45, 2.75) is 24.2 Å². The van der Waals surface area contributed by atoms with Gasteiger partial charge in [-0.05, 0) is 29.9 Å². The minimum atomic E-state index is -0.710. The maximum absolute atomic E-state index is 10.5. The molecule has 0 spiro atoms. The van der Waals surface area contributed by atoms with Crippen molar-refractivity contribution in [1.29, 1.82) is 5.26 Å². The molecular formula is C12H13NOS. The van der Waals surface area contributed by atoms with Crippen molar-refractivity contribution in [3.63, 3.8) is 0 Å². The summed E-state index contributed by atoms with van der Waals surface area (Å²) < 4.78 is 0. The van der Waals surface area contributed by atoms with Gasteiger partial charge in [0.25, 0.3) is 0 Å². The molecule has 1 heterocycles. The van der Waals surface area contributed by atoms with Crippen molar-refractivity contribution >= 4 is 11.8 Å². The molecule has 2 atom stereocenters. The number of benzene rings is 1. The third-order valence-corrected chi connectivity index (χ3v) is 4.37. The SMILES string of the molecule is C[C@@H]1SCC[C@]1(O)c1ccc(C#N)cc1. The second-order valence-corrected chi connectivity index (χ2v) is 5.33. The minimum absolute atomic E-state index is 0.227. The maximum atomic E-state index is 10.5. The monoisotopic (exact) mass is 219 g/mol. The number of aliphatic hydroxyl groups is 1. The van der Waals surface area contributed by atoms with E-state index >= 15 is 0 Å². The van der Waals surface area contributed by atoms with Crippen LogP contribution in [-0.2, 0) is 5.60 Å². The Hall–Kier alpha value is -0.980. The fraction of sp³-hybridized carbons (Fsp3) is 0.417. The first-order valence-corrected chi connectivity index (χ1v) is 6.06. The third kappa shape index (κ3) is 1.75. The van der Waals surface area contributed by atoms with E-state index in [1.54, 1.807) is 23.9 Å². The Kier molecular flexibility index (Phi) is 2.72. The third-order valence-electron chi connectivity index (χ3n) is 3.04. The van der Waals surface area contributed by atoms with Crippen molar-refractivity contribution in [2.75, 3.05) is 5.75 Å². The van der Waals surface area contributed by atoms with E-state index in [9.17, 15) is 5.11 Å². The summed E-state index contributed by atoms with van der Waals surface area (Å²) in [4.78, 5) is 0. The molecule has 1 aromatic rings. The van der Waals surface area contributed by atoms with Gasteiger partial charge in [-0.1, -0.05) is 19.1 Å². The molecule has 1 saturated heterocycles. The molecule has 0 bridgehead atoms. The highest BCUT2D eigenvalue weighted by atomic mass is 32.2. The molecule has 2 nitrogen and oxygen atoms in total. The van der Waals surface area contributed by atoms with Crippen LogP contribution in [0.4, 0.5) is 0 Å². The van der Waals surface area contributed by atoms with Gasteiger partial charge in [-0.2, -0.15) is 17.0 Å². The largest absolute Gasteiger partial charge is 0.384 e. The molecule has 1 fully saturated rings. The normalized spacial score (nSPS) is 30.1. The lowest BCUT2D eigenvalue weighted by Gasteiger charge is -2.27. The Morgan fingerprint density at radius 1 is 1.47 bits per heavy atom. The van der Waals surface area contributed by atoms with Crippen LogP contribution in [0.2, 0.25) is 0 Å². The zero-order valence-corrected chi connectivity index (χ0v) is 9.42. The quantitative estimate of drug-likeness (QED) is 0.788. The van der Waals surface area contributed by atoms with Crippen LogP contribution in [0.1, 0.15) is 24.5 Å². The van der Waals surface area contributed by atoms with Gasteiger partial charge in [0.2, 0.25) is 0 Å². The first kappa shape index (κ1) is 10.5. The van der Waals surface area contributed by atoms with Gasteiger partial charge in [0.15, 0.2) is 0 Å². The van der Waals surface area contributed by atoms with Gasteiger partial charge < -0.3 is 5.11 Å². The van der Waals surface area contributed by atoms with E-state index in [1.807, 2.05) is 12.1 Å². The second-order valence-electron chi connectivity index (χ2n) is 3.88. The number of nitriles is 1. The Morgan fingerprint density at radius 3 is 2.60 bits per heavy atom. The number of nitrogens with zero attached hydrogens (tertiary/aromatic N) is 1. The minimum Gasteiger partial charge on any atom is -0.384 e. The second kappa shape index (κ2) is 3.88. The van der Waals surface area contributed by atoms with E-state index in [-0.39, 0.29) is 5.25 Å². The molecule has 78 valence electrons. The van der Waals surface area contributed by atoms with Crippen LogP contribution in [-0.4, -0.2) is 16.1 Å². The summed E-state index contributed by atoms with van der Waals surface area (Å²) >= 11 is 1.79. The highest BCUT2D eigenvalue weighted by molar-refractivity contribution is 8.00. The van der Waals surface area contributed by atoms with Gasteiger partial charge in [-0.3, -0.25) is 0 Å². The van der Waals surface area contributed by atoms with Crippen LogP contribution in [0.15, 0.2) is 24.3 Å². The summed E-state index contributed by atoms with van der Waals surface area (Å²) in [6.45, 7) is 2.05. The lowest BCUT2D eigenvalue weighted by molar-refractivity contribution is 0.0427. The molecule has 0 amide bonds. The smallest absolute Gasteiger partial charge is 0.102 e. The Bertz CT molecular complexity index is 395. The average molecular weight is 219 g/mol. The summed E-state index contributed by atoms with van der Waals surface area (Å²) in [5.74, 6) is 0.998. The van der Waals surface area contributed by atoms with Crippen LogP contribution >= 0.6 is 11.8 Å². The van der Waals surface area contributed by atoms with Crippen LogP contribution in [0.25, 0.3) is 0 Å². The Labute approximate surface area is 93.9 Å². The average Bonchev–Trinajstić information content (AvgIpc) is 2.61. The lowest BCUT2D eigenvalue weighted by atomic mass is 9.88. The molecule has 15 heavy (non-hydrogen) atoms. The zero-order valence-electron chi connectivity index (χ0n) is 8.60. The molecule has 1 aliphatic heterocycles. The zero-order chi connectivity index (χ0) is 10.9. The fourth-order valence-corrected chi connectivity index (χ4v) is 3.26. The summed E-state index contributed by atoms with van der Waals surface area (Å²) in [6.07, 6.45) is 0.796. The van der Waals surface area contributed by atoms with Crippen molar-refractivity contribution < 1.29 is 5.11 Å². The molecule has 1 aromatic carbocycles. The predicted octanol–water partition coefficient (Wildman–Crippen LogP) is 2.27. The number of thioether (sulfide) groups is 1. The van der Waals surface area contributed by atoms with Gasteiger partial charge in [0.05, 0.1) is 11.6 Å². The molecule has 0 unspecified atom stereocenters. The molecule has 2 rings (SSSR count). The lowest BCUT2D eigenvalue weighted by Crippen LogP contribution is -2.31. The van der Waals surface area contributed by atoms with Gasteiger partial charge in [-0.15, -0.1) is 0 Å². The van der Waals surface area contributed by atoms with Crippen LogP contribution in [0.3, 0.4) is 0 Å². The first-order valence-electron chi connectivity index (χ1n) is 5.01. The highest BCUT2D eigenvalue weighted by Gasteiger charge is 2.40. The summed E-state index contributed by atoms with van der Waals surface area (Å²) in [6, 6.07) is 9.34. The van der Waals surface area contributed by atoms with Crippen molar-refractivity contribution in [3.05, 3.63) is 35.4 Å². The number of rotatable bonds is 1. The van der Waals surface area contributed by atoms with Gasteiger partial charge in [0.1, 0.15) is 5.60 Å². The Balaban J connectivity index is 2.33. The highest BCUT2D eigenvalue weighted by Crippen LogP contribution is 2.42. The van der Waals surface area contributed by atoms with Gasteiger partial charge in [-0.25, -0.2) is 0 Å². The fourth-order valence-electron chi connectivity index (χ4n) is 1.94. The molecule has 1 aliphatic rings. The van der Waals surface area contributed by atoms with Crippen molar-refractivity contribution in [3.8, 4) is 6.07 Å². The van der Waals surface area contributed by atoms with Crippen molar-refractivity contribution in [1.82, 2.24) is 0 Å².